The summed E-state index contributed by atoms with van der Waals surface area (Å²) in [5, 5.41) is 3.20. The van der Waals surface area contributed by atoms with Crippen molar-refractivity contribution in [3.05, 3.63) is 70.5 Å². The Morgan fingerprint density at radius 2 is 1.76 bits per heavy atom. The molecule has 5 nitrogen and oxygen atoms in total. The van der Waals surface area contributed by atoms with E-state index in [1.807, 2.05) is 0 Å². The molecule has 2 rings (SSSR count). The Bertz CT molecular complexity index is 826. The van der Waals surface area contributed by atoms with Crippen molar-refractivity contribution >= 4 is 27.5 Å². The summed E-state index contributed by atoms with van der Waals surface area (Å²) in [5.74, 6) is -1.19. The summed E-state index contributed by atoms with van der Waals surface area (Å²) < 4.78 is 39.5. The van der Waals surface area contributed by atoms with E-state index in [1.165, 1.54) is 18.2 Å². The van der Waals surface area contributed by atoms with Crippen molar-refractivity contribution in [2.45, 2.75) is 13.0 Å². The Labute approximate surface area is 151 Å². The molecule has 2 aromatic carbocycles. The highest BCUT2D eigenvalue weighted by atomic mass is 35.5. The highest BCUT2D eigenvalue weighted by molar-refractivity contribution is 7.89. The fourth-order valence-corrected chi connectivity index (χ4v) is 3.17. The van der Waals surface area contributed by atoms with Gasteiger partial charge in [0, 0.05) is 11.6 Å². The molecule has 0 spiro atoms. The second kappa shape index (κ2) is 8.94. The zero-order chi connectivity index (χ0) is 18.3. The topological polar surface area (TPSA) is 75.3 Å². The number of sulfonamides is 1. The van der Waals surface area contributed by atoms with E-state index in [9.17, 15) is 17.6 Å². The first-order valence-corrected chi connectivity index (χ1v) is 9.60. The number of benzene rings is 2. The van der Waals surface area contributed by atoms with Crippen LogP contribution in [0.25, 0.3) is 0 Å². The fourth-order valence-electron chi connectivity index (χ4n) is 2.06. The molecule has 0 bridgehead atoms. The van der Waals surface area contributed by atoms with Gasteiger partial charge in [0.2, 0.25) is 15.9 Å². The van der Waals surface area contributed by atoms with E-state index in [4.69, 9.17) is 11.6 Å². The molecule has 0 unspecified atom stereocenters. The molecule has 0 saturated carbocycles. The summed E-state index contributed by atoms with van der Waals surface area (Å²) in [7, 11) is -3.68. The van der Waals surface area contributed by atoms with Crippen LogP contribution < -0.4 is 10.0 Å². The van der Waals surface area contributed by atoms with E-state index >= 15 is 0 Å². The first-order valence-electron chi connectivity index (χ1n) is 7.57. The van der Waals surface area contributed by atoms with Gasteiger partial charge in [-0.05, 0) is 35.7 Å². The van der Waals surface area contributed by atoms with Crippen LogP contribution in [0.3, 0.4) is 0 Å². The van der Waals surface area contributed by atoms with E-state index in [2.05, 4.69) is 10.0 Å². The summed E-state index contributed by atoms with van der Waals surface area (Å²) in [4.78, 5) is 11.7. The maximum absolute atomic E-state index is 13.5. The summed E-state index contributed by atoms with van der Waals surface area (Å²) in [6.45, 7) is -0.0971. The molecule has 8 heteroatoms. The number of hydrogen-bond acceptors (Lipinski definition) is 3. The van der Waals surface area contributed by atoms with Gasteiger partial charge in [0.1, 0.15) is 5.82 Å². The van der Waals surface area contributed by atoms with Crippen LogP contribution in [0.5, 0.6) is 0 Å². The van der Waals surface area contributed by atoms with Gasteiger partial charge < -0.3 is 5.32 Å². The molecule has 2 N–H and O–H groups in total. The molecule has 0 fully saturated rings. The van der Waals surface area contributed by atoms with E-state index in [0.29, 0.717) is 10.6 Å². The Balaban J connectivity index is 1.76. The van der Waals surface area contributed by atoms with Crippen LogP contribution >= 0.6 is 11.6 Å². The number of nitrogens with one attached hydrogen (secondary N) is 2. The Morgan fingerprint density at radius 3 is 2.44 bits per heavy atom. The van der Waals surface area contributed by atoms with Crippen LogP contribution in [-0.2, 0) is 27.8 Å². The second-order valence-electron chi connectivity index (χ2n) is 5.38. The zero-order valence-corrected chi connectivity index (χ0v) is 14.9. The molecule has 1 amide bonds. The van der Waals surface area contributed by atoms with Crippen LogP contribution in [0.15, 0.2) is 48.5 Å². The summed E-state index contributed by atoms with van der Waals surface area (Å²) in [6.07, 6.45) is 0.0361. The number of rotatable bonds is 8. The number of carbonyl (C=O) groups excluding carboxylic acids is 1. The fraction of sp³-hybridized carbons (Fsp3) is 0.235. The van der Waals surface area contributed by atoms with E-state index in [-0.39, 0.29) is 25.3 Å². The third-order valence-electron chi connectivity index (χ3n) is 3.45. The van der Waals surface area contributed by atoms with Gasteiger partial charge in [-0.25, -0.2) is 17.5 Å². The molecule has 0 saturated heterocycles. The molecule has 0 atom stereocenters. The molecular weight excluding hydrogens is 367 g/mol. The van der Waals surface area contributed by atoms with Gasteiger partial charge in [-0.2, -0.15) is 0 Å². The third-order valence-corrected chi connectivity index (χ3v) is 5.03. The standard InChI is InChI=1S/C17H18ClFN2O3S/c18-15-7-5-13(6-8-15)11-20-17(22)12-21-25(23,24)10-9-14-3-1-2-4-16(14)19/h1-8,21H,9-12H2,(H,20,22). The summed E-state index contributed by atoms with van der Waals surface area (Å²) in [6, 6.07) is 12.9. The Kier molecular flexibility index (Phi) is 6.92. The molecule has 25 heavy (non-hydrogen) atoms. The molecule has 134 valence electrons. The minimum absolute atomic E-state index is 0.0361. The Morgan fingerprint density at radius 1 is 1.08 bits per heavy atom. The predicted octanol–water partition coefficient (Wildman–Crippen LogP) is 2.26. The largest absolute Gasteiger partial charge is 0.351 e. The quantitative estimate of drug-likeness (QED) is 0.733. The lowest BCUT2D eigenvalue weighted by molar-refractivity contribution is -0.120. The maximum atomic E-state index is 13.5. The number of carbonyl (C=O) groups is 1. The third kappa shape index (κ3) is 6.81. The van der Waals surface area contributed by atoms with Crippen molar-refractivity contribution in [3.63, 3.8) is 0 Å². The first kappa shape index (κ1) is 19.4. The van der Waals surface area contributed by atoms with Crippen LogP contribution in [0.2, 0.25) is 5.02 Å². The molecule has 0 aliphatic heterocycles. The predicted molar refractivity (Wildman–Crippen MR) is 95.2 cm³/mol. The van der Waals surface area contributed by atoms with Crippen LogP contribution in [0.4, 0.5) is 4.39 Å². The summed E-state index contributed by atoms with van der Waals surface area (Å²) >= 11 is 5.77. The van der Waals surface area contributed by atoms with Crippen molar-refractivity contribution in [1.29, 1.82) is 0 Å². The summed E-state index contributed by atoms with van der Waals surface area (Å²) in [5.41, 5.74) is 1.17. The van der Waals surface area contributed by atoms with Gasteiger partial charge in [-0.3, -0.25) is 4.79 Å². The van der Waals surface area contributed by atoms with Crippen molar-refractivity contribution in [2.75, 3.05) is 12.3 Å². The van der Waals surface area contributed by atoms with Gasteiger partial charge >= 0.3 is 0 Å². The van der Waals surface area contributed by atoms with Gasteiger partial charge in [0.05, 0.1) is 12.3 Å². The van der Waals surface area contributed by atoms with Crippen molar-refractivity contribution in [2.24, 2.45) is 0 Å². The number of hydrogen-bond donors (Lipinski definition) is 2. The lowest BCUT2D eigenvalue weighted by atomic mass is 10.2. The first-order chi connectivity index (χ1) is 11.9. The molecule has 0 aliphatic carbocycles. The van der Waals surface area contributed by atoms with Gasteiger partial charge in [0.25, 0.3) is 0 Å². The van der Waals surface area contributed by atoms with Gasteiger partial charge in [-0.15, -0.1) is 0 Å². The molecular formula is C17H18ClFN2O3S. The SMILES string of the molecule is O=C(CNS(=O)(=O)CCc1ccccc1F)NCc1ccc(Cl)cc1. The monoisotopic (exact) mass is 384 g/mol. The van der Waals surface area contributed by atoms with Crippen LogP contribution in [-0.4, -0.2) is 26.6 Å². The number of halogens is 2. The lowest BCUT2D eigenvalue weighted by Gasteiger charge is -2.08. The van der Waals surface area contributed by atoms with E-state index in [0.717, 1.165) is 5.56 Å². The molecule has 0 heterocycles. The highest BCUT2D eigenvalue weighted by Crippen LogP contribution is 2.09. The highest BCUT2D eigenvalue weighted by Gasteiger charge is 2.13. The van der Waals surface area contributed by atoms with Gasteiger partial charge in [0.15, 0.2) is 0 Å². The van der Waals surface area contributed by atoms with Crippen molar-refractivity contribution < 1.29 is 17.6 Å². The number of amides is 1. The lowest BCUT2D eigenvalue weighted by Crippen LogP contribution is -2.37. The molecule has 0 aliphatic rings. The Hall–Kier alpha value is -1.96. The molecule has 0 radical (unpaired) electrons. The minimum Gasteiger partial charge on any atom is -0.351 e. The zero-order valence-electron chi connectivity index (χ0n) is 13.3. The van der Waals surface area contributed by atoms with E-state index in [1.54, 1.807) is 30.3 Å². The number of aryl methyl sites for hydroxylation is 1. The maximum Gasteiger partial charge on any atom is 0.235 e. The smallest absolute Gasteiger partial charge is 0.235 e. The van der Waals surface area contributed by atoms with Gasteiger partial charge in [-0.1, -0.05) is 41.9 Å². The average Bonchev–Trinajstić information content (AvgIpc) is 2.59. The van der Waals surface area contributed by atoms with Crippen LogP contribution in [0, 0.1) is 5.82 Å². The molecule has 0 aromatic heterocycles. The van der Waals surface area contributed by atoms with Crippen molar-refractivity contribution in [1.82, 2.24) is 10.0 Å². The minimum atomic E-state index is -3.68. The average molecular weight is 385 g/mol. The van der Waals surface area contributed by atoms with Crippen molar-refractivity contribution in [3.8, 4) is 0 Å². The van der Waals surface area contributed by atoms with E-state index < -0.39 is 21.7 Å². The second-order valence-corrected chi connectivity index (χ2v) is 7.75. The normalized spacial score (nSPS) is 11.3. The molecule has 2 aromatic rings. The van der Waals surface area contributed by atoms with Crippen LogP contribution in [0.1, 0.15) is 11.1 Å².